The molecule has 2 bridgehead atoms. The van der Waals surface area contributed by atoms with Crippen molar-refractivity contribution in [3.63, 3.8) is 0 Å². The average molecular weight is 319 g/mol. The Morgan fingerprint density at radius 2 is 1.95 bits per heavy atom. The van der Waals surface area contributed by atoms with E-state index < -0.39 is 0 Å². The van der Waals surface area contributed by atoms with Gasteiger partial charge in [0.1, 0.15) is 0 Å². The number of aromatic nitrogens is 3. The van der Waals surface area contributed by atoms with Crippen LogP contribution in [0.15, 0.2) is 12.4 Å². The Morgan fingerprint density at radius 1 is 1.14 bits per heavy atom. The van der Waals surface area contributed by atoms with Gasteiger partial charge in [0.2, 0.25) is 0 Å². The molecule has 3 aliphatic heterocycles. The van der Waals surface area contributed by atoms with Gasteiger partial charge >= 0.3 is 0 Å². The predicted octanol–water partition coefficient (Wildman–Crippen LogP) is 2.25. The topological polar surface area (TPSA) is 51.0 Å². The molecule has 4 aliphatic rings. The third kappa shape index (κ3) is 1.85. The van der Waals surface area contributed by atoms with E-state index in [4.69, 9.17) is 5.10 Å². The smallest absolute Gasteiger partial charge is 0.165 e. The second-order valence-corrected chi connectivity index (χ2v) is 6.60. The highest BCUT2D eigenvalue weighted by Crippen LogP contribution is 2.38. The molecule has 0 saturated carbocycles. The molecule has 6 heteroatoms. The first kappa shape index (κ1) is 14.2. The van der Waals surface area contributed by atoms with Crippen molar-refractivity contribution in [3.8, 4) is 0 Å². The van der Waals surface area contributed by atoms with E-state index in [1.54, 1.807) is 6.20 Å². The molecule has 3 saturated heterocycles. The van der Waals surface area contributed by atoms with Gasteiger partial charge in [-0.1, -0.05) is 0 Å². The van der Waals surface area contributed by atoms with E-state index in [1.165, 1.54) is 25.9 Å². The van der Waals surface area contributed by atoms with Crippen molar-refractivity contribution in [1.82, 2.24) is 19.7 Å². The highest BCUT2D eigenvalue weighted by Gasteiger charge is 2.37. The summed E-state index contributed by atoms with van der Waals surface area (Å²) < 4.78 is 2.19. The molecule has 5 nitrogen and oxygen atoms in total. The first-order chi connectivity index (χ1) is 10.3. The van der Waals surface area contributed by atoms with Gasteiger partial charge in [0.15, 0.2) is 5.78 Å². The molecular formula is C16H19ClN4O. The summed E-state index contributed by atoms with van der Waals surface area (Å²) in [5, 5.41) is 5.96. The lowest BCUT2D eigenvalue weighted by Gasteiger charge is -2.44. The maximum Gasteiger partial charge on any atom is 0.165 e. The third-order valence-electron chi connectivity index (χ3n) is 5.51. The van der Waals surface area contributed by atoms with Crippen LogP contribution >= 0.6 is 12.4 Å². The van der Waals surface area contributed by atoms with Crippen molar-refractivity contribution in [2.24, 2.45) is 5.92 Å². The minimum atomic E-state index is 0. The van der Waals surface area contributed by atoms with Gasteiger partial charge in [0, 0.05) is 30.1 Å². The molecule has 0 radical (unpaired) electrons. The quantitative estimate of drug-likeness (QED) is 0.809. The SMILES string of the molecule is Cl.O=C1CCc2nn(C3CN4CCC3CC4)c3cncc1c23. The lowest BCUT2D eigenvalue weighted by molar-refractivity contribution is 0.0532. The number of hydrogen-bond acceptors (Lipinski definition) is 4. The summed E-state index contributed by atoms with van der Waals surface area (Å²) in [6, 6.07) is 0.453. The zero-order chi connectivity index (χ0) is 14.0. The van der Waals surface area contributed by atoms with E-state index in [1.807, 2.05) is 6.20 Å². The van der Waals surface area contributed by atoms with Crippen LogP contribution in [0.2, 0.25) is 0 Å². The Hall–Kier alpha value is -1.46. The first-order valence-electron chi connectivity index (χ1n) is 7.92. The van der Waals surface area contributed by atoms with E-state index in [0.717, 1.165) is 41.0 Å². The number of carbonyl (C=O) groups is 1. The van der Waals surface area contributed by atoms with Crippen LogP contribution in [0.25, 0.3) is 10.9 Å². The minimum Gasteiger partial charge on any atom is -0.301 e. The number of halogens is 1. The summed E-state index contributed by atoms with van der Waals surface area (Å²) in [4.78, 5) is 18.9. The number of fused-ring (bicyclic) bond motifs is 3. The monoisotopic (exact) mass is 318 g/mol. The summed E-state index contributed by atoms with van der Waals surface area (Å²) in [5.74, 6) is 0.945. The zero-order valence-corrected chi connectivity index (χ0v) is 13.2. The Bertz CT molecular complexity index is 748. The lowest BCUT2D eigenvalue weighted by atomic mass is 9.84. The zero-order valence-electron chi connectivity index (χ0n) is 12.4. The molecule has 0 N–H and O–H groups in total. The number of rotatable bonds is 1. The molecule has 2 aromatic heterocycles. The van der Waals surface area contributed by atoms with Gasteiger partial charge in [0.25, 0.3) is 0 Å². The molecule has 6 rings (SSSR count). The van der Waals surface area contributed by atoms with Crippen molar-refractivity contribution < 1.29 is 4.79 Å². The van der Waals surface area contributed by atoms with Crippen LogP contribution in [-0.2, 0) is 6.42 Å². The van der Waals surface area contributed by atoms with Crippen LogP contribution in [0.5, 0.6) is 0 Å². The molecule has 0 aromatic carbocycles. The molecule has 22 heavy (non-hydrogen) atoms. The van der Waals surface area contributed by atoms with Crippen molar-refractivity contribution in [1.29, 1.82) is 0 Å². The summed E-state index contributed by atoms with van der Waals surface area (Å²) in [6.45, 7) is 3.56. The summed E-state index contributed by atoms with van der Waals surface area (Å²) in [7, 11) is 0. The number of aryl methyl sites for hydroxylation is 1. The number of carbonyl (C=O) groups excluding carboxylic acids is 1. The molecule has 0 amide bonds. The normalized spacial score (nSPS) is 29.6. The third-order valence-corrected chi connectivity index (χ3v) is 5.51. The molecule has 1 unspecified atom stereocenters. The Balaban J connectivity index is 0.00000125. The van der Waals surface area contributed by atoms with Crippen LogP contribution in [-0.4, -0.2) is 45.1 Å². The Morgan fingerprint density at radius 3 is 2.68 bits per heavy atom. The summed E-state index contributed by atoms with van der Waals surface area (Å²) >= 11 is 0. The summed E-state index contributed by atoms with van der Waals surface area (Å²) in [6.07, 6.45) is 7.51. The van der Waals surface area contributed by atoms with Crippen LogP contribution in [0.4, 0.5) is 0 Å². The highest BCUT2D eigenvalue weighted by molar-refractivity contribution is 6.09. The van der Waals surface area contributed by atoms with E-state index in [-0.39, 0.29) is 18.2 Å². The van der Waals surface area contributed by atoms with Gasteiger partial charge < -0.3 is 4.90 Å². The fraction of sp³-hybridized carbons (Fsp3) is 0.562. The molecule has 5 heterocycles. The molecule has 2 aromatic rings. The minimum absolute atomic E-state index is 0. The molecule has 3 fully saturated rings. The van der Waals surface area contributed by atoms with Crippen LogP contribution < -0.4 is 0 Å². The standard InChI is InChI=1S/C16H18N4O.ClH/c21-15-2-1-12-16-11(15)7-17-8-13(16)20(18-12)14-9-19-5-3-10(14)4-6-19;/h7-8,10,14H,1-6,9H2;1H. The van der Waals surface area contributed by atoms with E-state index in [9.17, 15) is 4.79 Å². The fourth-order valence-electron chi connectivity index (χ4n) is 4.38. The Kier molecular flexibility index (Phi) is 3.24. The molecule has 116 valence electrons. The first-order valence-corrected chi connectivity index (χ1v) is 7.92. The summed E-state index contributed by atoms with van der Waals surface area (Å²) in [5.41, 5.74) is 2.94. The van der Waals surface area contributed by atoms with Crippen molar-refractivity contribution in [2.75, 3.05) is 19.6 Å². The van der Waals surface area contributed by atoms with Gasteiger partial charge in [-0.3, -0.25) is 14.5 Å². The number of nitrogens with zero attached hydrogens (tertiary/aromatic N) is 4. The van der Waals surface area contributed by atoms with E-state index >= 15 is 0 Å². The number of Topliss-reactive ketones (excluding diaryl/α,β-unsaturated/α-hetero) is 1. The van der Waals surface area contributed by atoms with Gasteiger partial charge in [-0.15, -0.1) is 12.4 Å². The van der Waals surface area contributed by atoms with Gasteiger partial charge in [-0.2, -0.15) is 5.10 Å². The van der Waals surface area contributed by atoms with E-state index in [0.29, 0.717) is 12.5 Å². The van der Waals surface area contributed by atoms with Crippen LogP contribution in [0.1, 0.15) is 41.4 Å². The number of hydrogen-bond donors (Lipinski definition) is 0. The van der Waals surface area contributed by atoms with Crippen molar-refractivity contribution >= 4 is 29.1 Å². The highest BCUT2D eigenvalue weighted by atomic mass is 35.5. The number of piperidine rings is 3. The second kappa shape index (κ2) is 5.03. The largest absolute Gasteiger partial charge is 0.301 e. The van der Waals surface area contributed by atoms with Gasteiger partial charge in [0.05, 0.1) is 23.4 Å². The average Bonchev–Trinajstić information content (AvgIpc) is 2.92. The maximum absolute atomic E-state index is 12.1. The van der Waals surface area contributed by atoms with Crippen LogP contribution in [0.3, 0.4) is 0 Å². The maximum atomic E-state index is 12.1. The molecular weight excluding hydrogens is 300 g/mol. The Labute approximate surface area is 135 Å². The molecule has 1 atom stereocenters. The van der Waals surface area contributed by atoms with Gasteiger partial charge in [-0.05, 0) is 38.3 Å². The van der Waals surface area contributed by atoms with Gasteiger partial charge in [-0.25, -0.2) is 0 Å². The molecule has 1 aliphatic carbocycles. The van der Waals surface area contributed by atoms with Crippen LogP contribution in [0, 0.1) is 5.92 Å². The number of pyridine rings is 1. The lowest BCUT2D eigenvalue weighted by Crippen LogP contribution is -2.48. The predicted molar refractivity (Wildman–Crippen MR) is 85.6 cm³/mol. The number of ketones is 1. The van der Waals surface area contributed by atoms with Crippen molar-refractivity contribution in [2.45, 2.75) is 31.7 Å². The molecule has 0 spiro atoms. The van der Waals surface area contributed by atoms with E-state index in [2.05, 4.69) is 14.6 Å². The van der Waals surface area contributed by atoms with Crippen molar-refractivity contribution in [3.05, 3.63) is 23.7 Å². The fourth-order valence-corrected chi connectivity index (χ4v) is 4.38. The second-order valence-electron chi connectivity index (χ2n) is 6.60.